The molecular weight excluding hydrogens is 198 g/mol. The topological polar surface area (TPSA) is 21.3 Å². The fourth-order valence-electron chi connectivity index (χ4n) is 1.15. The summed E-state index contributed by atoms with van der Waals surface area (Å²) < 4.78 is 5.82. The Bertz CT molecular complexity index is 219. The molecule has 96 valence electrons. The first-order valence-corrected chi connectivity index (χ1v) is 6.16. The van der Waals surface area contributed by atoms with Crippen molar-refractivity contribution in [2.75, 3.05) is 19.8 Å². The van der Waals surface area contributed by atoms with Gasteiger partial charge in [0, 0.05) is 17.7 Å². The van der Waals surface area contributed by atoms with Gasteiger partial charge in [0.05, 0.1) is 13.2 Å². The molecule has 0 unspecified atom stereocenters. The van der Waals surface area contributed by atoms with Gasteiger partial charge in [-0.2, -0.15) is 0 Å². The molecule has 0 amide bonds. The van der Waals surface area contributed by atoms with Crippen LogP contribution >= 0.6 is 0 Å². The maximum atomic E-state index is 5.82. The fourth-order valence-corrected chi connectivity index (χ4v) is 1.15. The molecule has 0 aliphatic rings. The Labute approximate surface area is 101 Å². The highest BCUT2D eigenvalue weighted by Crippen LogP contribution is 2.22. The van der Waals surface area contributed by atoms with E-state index in [1.54, 1.807) is 0 Å². The number of ether oxygens (including phenoxy) is 1. The van der Waals surface area contributed by atoms with E-state index in [2.05, 4.69) is 46.5 Å². The maximum absolute atomic E-state index is 5.82. The van der Waals surface area contributed by atoms with Gasteiger partial charge in [0.25, 0.3) is 0 Å². The normalized spacial score (nSPS) is 12.6. The van der Waals surface area contributed by atoms with E-state index in [1.807, 2.05) is 6.92 Å². The van der Waals surface area contributed by atoms with Crippen LogP contribution in [0.2, 0.25) is 0 Å². The van der Waals surface area contributed by atoms with Crippen molar-refractivity contribution >= 4 is 0 Å². The summed E-state index contributed by atoms with van der Waals surface area (Å²) in [4.78, 5) is 0. The summed E-state index contributed by atoms with van der Waals surface area (Å²) in [5.74, 6) is 0. The third-order valence-electron chi connectivity index (χ3n) is 2.81. The number of rotatable bonds is 8. The van der Waals surface area contributed by atoms with Crippen LogP contribution in [0, 0.1) is 10.8 Å². The Hall–Kier alpha value is -0.500. The second kappa shape index (κ2) is 6.29. The van der Waals surface area contributed by atoms with Gasteiger partial charge in [0.1, 0.15) is 0 Å². The summed E-state index contributed by atoms with van der Waals surface area (Å²) in [5.41, 5.74) is 1.46. The third-order valence-corrected chi connectivity index (χ3v) is 2.81. The van der Waals surface area contributed by atoms with E-state index in [4.69, 9.17) is 4.74 Å². The number of hydrogen-bond acceptors (Lipinski definition) is 2. The van der Waals surface area contributed by atoms with Crippen LogP contribution in [-0.2, 0) is 4.74 Å². The first kappa shape index (κ1) is 15.5. The monoisotopic (exact) mass is 227 g/mol. The molecule has 16 heavy (non-hydrogen) atoms. The first-order chi connectivity index (χ1) is 7.18. The molecule has 0 saturated carbocycles. The van der Waals surface area contributed by atoms with Gasteiger partial charge < -0.3 is 10.1 Å². The predicted octanol–water partition coefficient (Wildman–Crippen LogP) is 3.59. The van der Waals surface area contributed by atoms with Crippen LogP contribution in [0.15, 0.2) is 12.3 Å². The van der Waals surface area contributed by atoms with E-state index in [0.717, 1.165) is 31.9 Å². The highest BCUT2D eigenvalue weighted by molar-refractivity contribution is 4.87. The highest BCUT2D eigenvalue weighted by Gasteiger charge is 2.21. The average Bonchev–Trinajstić information content (AvgIpc) is 2.14. The average molecular weight is 227 g/mol. The van der Waals surface area contributed by atoms with Crippen molar-refractivity contribution in [2.24, 2.45) is 10.8 Å². The Kier molecular flexibility index (Phi) is 6.09. The van der Waals surface area contributed by atoms with Crippen LogP contribution in [0.3, 0.4) is 0 Å². The summed E-state index contributed by atoms with van der Waals surface area (Å²) >= 11 is 0. The molecule has 0 spiro atoms. The van der Waals surface area contributed by atoms with E-state index in [0.29, 0.717) is 0 Å². The summed E-state index contributed by atoms with van der Waals surface area (Å²) in [5, 5.41) is 3.27. The van der Waals surface area contributed by atoms with Gasteiger partial charge in [-0.15, -0.1) is 0 Å². The van der Waals surface area contributed by atoms with Crippen LogP contribution in [-0.4, -0.2) is 19.8 Å². The standard InChI is InChI=1S/C14H29NO/c1-8-13(4,5)10-16-11-14(6,7)9-15-12(2)3/h15H,2,8-11H2,1,3-7H3. The Morgan fingerprint density at radius 1 is 1.12 bits per heavy atom. The van der Waals surface area contributed by atoms with Gasteiger partial charge in [-0.05, 0) is 18.8 Å². The molecule has 0 heterocycles. The molecule has 0 fully saturated rings. The Morgan fingerprint density at radius 2 is 1.62 bits per heavy atom. The third kappa shape index (κ3) is 7.75. The molecule has 1 N–H and O–H groups in total. The highest BCUT2D eigenvalue weighted by atomic mass is 16.5. The molecule has 0 aliphatic heterocycles. The van der Waals surface area contributed by atoms with Crippen molar-refractivity contribution in [1.82, 2.24) is 5.32 Å². The lowest BCUT2D eigenvalue weighted by Gasteiger charge is -2.29. The minimum absolute atomic E-state index is 0.156. The lowest BCUT2D eigenvalue weighted by atomic mass is 9.91. The molecule has 2 nitrogen and oxygen atoms in total. The van der Waals surface area contributed by atoms with Crippen molar-refractivity contribution in [3.8, 4) is 0 Å². The van der Waals surface area contributed by atoms with E-state index < -0.39 is 0 Å². The largest absolute Gasteiger partial charge is 0.388 e. The van der Waals surface area contributed by atoms with Gasteiger partial charge in [0.2, 0.25) is 0 Å². The maximum Gasteiger partial charge on any atom is 0.0534 e. The number of nitrogens with one attached hydrogen (secondary N) is 1. The molecule has 0 aromatic rings. The molecular formula is C14H29NO. The molecule has 2 heteroatoms. The van der Waals surface area contributed by atoms with Crippen molar-refractivity contribution in [3.63, 3.8) is 0 Å². The SMILES string of the molecule is C=C(C)NCC(C)(C)COCC(C)(C)CC. The molecule has 0 atom stereocenters. The number of hydrogen-bond donors (Lipinski definition) is 1. The molecule has 0 radical (unpaired) electrons. The van der Waals surface area contributed by atoms with Gasteiger partial charge in [-0.1, -0.05) is 41.2 Å². The minimum atomic E-state index is 0.156. The lowest BCUT2D eigenvalue weighted by Crippen LogP contribution is -2.33. The minimum Gasteiger partial charge on any atom is -0.388 e. The van der Waals surface area contributed by atoms with Crippen LogP contribution < -0.4 is 5.32 Å². The van der Waals surface area contributed by atoms with Crippen molar-refractivity contribution in [2.45, 2.75) is 48.0 Å². The lowest BCUT2D eigenvalue weighted by molar-refractivity contribution is 0.0149. The van der Waals surface area contributed by atoms with E-state index in [-0.39, 0.29) is 10.8 Å². The fraction of sp³-hybridized carbons (Fsp3) is 0.857. The summed E-state index contributed by atoms with van der Waals surface area (Å²) in [6, 6.07) is 0. The van der Waals surface area contributed by atoms with Gasteiger partial charge in [0.15, 0.2) is 0 Å². The molecule has 0 aromatic carbocycles. The van der Waals surface area contributed by atoms with Crippen molar-refractivity contribution in [1.29, 1.82) is 0 Å². The molecule has 0 bridgehead atoms. The molecule has 0 aromatic heterocycles. The summed E-state index contributed by atoms with van der Waals surface area (Å²) in [6.07, 6.45) is 1.15. The quantitative estimate of drug-likeness (QED) is 0.684. The zero-order chi connectivity index (χ0) is 12.8. The van der Waals surface area contributed by atoms with Gasteiger partial charge in [-0.25, -0.2) is 0 Å². The van der Waals surface area contributed by atoms with E-state index >= 15 is 0 Å². The summed E-state index contributed by atoms with van der Waals surface area (Å²) in [6.45, 7) is 19.5. The Balaban J connectivity index is 3.86. The zero-order valence-electron chi connectivity index (χ0n) is 11.9. The van der Waals surface area contributed by atoms with Crippen LogP contribution in [0.1, 0.15) is 48.0 Å². The van der Waals surface area contributed by atoms with Crippen LogP contribution in [0.4, 0.5) is 0 Å². The second-order valence-corrected chi connectivity index (χ2v) is 6.31. The Morgan fingerprint density at radius 3 is 2.06 bits per heavy atom. The predicted molar refractivity (Wildman–Crippen MR) is 71.5 cm³/mol. The first-order valence-electron chi connectivity index (χ1n) is 6.16. The van der Waals surface area contributed by atoms with Crippen molar-refractivity contribution < 1.29 is 4.74 Å². The second-order valence-electron chi connectivity index (χ2n) is 6.31. The molecule has 0 saturated heterocycles. The number of allylic oxidation sites excluding steroid dienone is 1. The summed E-state index contributed by atoms with van der Waals surface area (Å²) in [7, 11) is 0. The van der Waals surface area contributed by atoms with Gasteiger partial charge >= 0.3 is 0 Å². The van der Waals surface area contributed by atoms with E-state index in [9.17, 15) is 0 Å². The van der Waals surface area contributed by atoms with Gasteiger partial charge in [-0.3, -0.25) is 0 Å². The molecule has 0 aliphatic carbocycles. The molecule has 0 rings (SSSR count). The van der Waals surface area contributed by atoms with Crippen LogP contribution in [0.5, 0.6) is 0 Å². The van der Waals surface area contributed by atoms with Crippen LogP contribution in [0.25, 0.3) is 0 Å². The van der Waals surface area contributed by atoms with E-state index in [1.165, 1.54) is 0 Å². The smallest absolute Gasteiger partial charge is 0.0534 e. The van der Waals surface area contributed by atoms with Crippen molar-refractivity contribution in [3.05, 3.63) is 12.3 Å². The zero-order valence-corrected chi connectivity index (χ0v) is 11.9.